The zero-order valence-electron chi connectivity index (χ0n) is 11.3. The molecule has 0 aromatic heterocycles. The minimum Gasteiger partial charge on any atom is -0.455 e. The Morgan fingerprint density at radius 2 is 2.05 bits per heavy atom. The second-order valence-electron chi connectivity index (χ2n) is 5.16. The lowest BCUT2D eigenvalue weighted by Gasteiger charge is -2.09. The van der Waals surface area contributed by atoms with E-state index in [4.69, 9.17) is 25.8 Å². The largest absolute Gasteiger partial charge is 0.455 e. The van der Waals surface area contributed by atoms with E-state index in [1.165, 1.54) is 0 Å². The second kappa shape index (κ2) is 5.44. The van der Waals surface area contributed by atoms with Crippen LogP contribution in [0, 0.1) is 11.8 Å². The third-order valence-corrected chi connectivity index (χ3v) is 3.81. The van der Waals surface area contributed by atoms with Gasteiger partial charge in [-0.15, -0.1) is 0 Å². The lowest BCUT2D eigenvalue weighted by Crippen LogP contribution is -2.21. The van der Waals surface area contributed by atoms with Gasteiger partial charge in [0, 0.05) is 12.1 Å². The molecule has 112 valence electrons. The Hall–Kier alpha value is -1.95. The summed E-state index contributed by atoms with van der Waals surface area (Å²) in [7, 11) is 0. The fourth-order valence-electron chi connectivity index (χ4n) is 2.09. The zero-order valence-corrected chi connectivity index (χ0v) is 12.1. The van der Waals surface area contributed by atoms with E-state index in [0.717, 1.165) is 6.42 Å². The summed E-state index contributed by atoms with van der Waals surface area (Å²) in [5.41, 5.74) is 0.391. The predicted molar refractivity (Wildman–Crippen MR) is 74.4 cm³/mol. The van der Waals surface area contributed by atoms with Gasteiger partial charge in [0.2, 0.25) is 6.79 Å². The van der Waals surface area contributed by atoms with Crippen molar-refractivity contribution in [3.63, 3.8) is 0 Å². The molecule has 2 aliphatic rings. The molecule has 1 N–H and O–H groups in total. The fourth-order valence-corrected chi connectivity index (χ4v) is 2.29. The monoisotopic (exact) mass is 311 g/mol. The highest BCUT2D eigenvalue weighted by molar-refractivity contribution is 6.34. The van der Waals surface area contributed by atoms with E-state index in [1.807, 2.05) is 6.92 Å². The van der Waals surface area contributed by atoms with Gasteiger partial charge in [0.05, 0.1) is 16.6 Å². The molecule has 0 bridgehead atoms. The molecule has 21 heavy (non-hydrogen) atoms. The second-order valence-corrected chi connectivity index (χ2v) is 5.57. The molecule has 1 aliphatic carbocycles. The van der Waals surface area contributed by atoms with Gasteiger partial charge in [-0.25, -0.2) is 0 Å². The highest BCUT2D eigenvalue weighted by Crippen LogP contribution is 2.39. The van der Waals surface area contributed by atoms with Crippen molar-refractivity contribution in [1.82, 2.24) is 0 Å². The summed E-state index contributed by atoms with van der Waals surface area (Å²) in [5.74, 6) is 0.563. The first-order valence-electron chi connectivity index (χ1n) is 6.60. The van der Waals surface area contributed by atoms with Gasteiger partial charge in [0.15, 0.2) is 18.1 Å². The molecule has 1 aliphatic heterocycles. The highest BCUT2D eigenvalue weighted by Gasteiger charge is 2.40. The number of benzene rings is 1. The summed E-state index contributed by atoms with van der Waals surface area (Å²) in [6.07, 6.45) is 0.828. The molecule has 1 aromatic rings. The van der Waals surface area contributed by atoms with Crippen LogP contribution in [-0.2, 0) is 14.3 Å². The first-order valence-corrected chi connectivity index (χ1v) is 6.98. The standard InChI is InChI=1S/C14H14ClNO5/c1-7-2-8(7)14(18)19-5-13(17)16-10-4-12-11(3-9(10)15)20-6-21-12/h3-4,7-8H,2,5-6H2,1H3,(H,16,17)/t7-,8+/m1/s1. The van der Waals surface area contributed by atoms with Crippen LogP contribution in [0.15, 0.2) is 12.1 Å². The van der Waals surface area contributed by atoms with E-state index < -0.39 is 5.91 Å². The van der Waals surface area contributed by atoms with Crippen LogP contribution >= 0.6 is 11.6 Å². The third-order valence-electron chi connectivity index (χ3n) is 3.49. The molecular formula is C14H14ClNO5. The number of nitrogens with one attached hydrogen (secondary N) is 1. The van der Waals surface area contributed by atoms with Gasteiger partial charge in [-0.1, -0.05) is 18.5 Å². The van der Waals surface area contributed by atoms with Gasteiger partial charge >= 0.3 is 5.97 Å². The summed E-state index contributed by atoms with van der Waals surface area (Å²) in [5, 5.41) is 2.91. The van der Waals surface area contributed by atoms with Crippen molar-refractivity contribution in [2.75, 3.05) is 18.7 Å². The molecule has 0 radical (unpaired) electrons. The number of hydrogen-bond acceptors (Lipinski definition) is 5. The maximum atomic E-state index is 11.8. The minimum absolute atomic E-state index is 0.0630. The molecule has 1 saturated carbocycles. The Bertz CT molecular complexity index is 603. The summed E-state index contributed by atoms with van der Waals surface area (Å²) in [6, 6.07) is 3.14. The average Bonchev–Trinajstić information content (AvgIpc) is 3.00. The smallest absolute Gasteiger partial charge is 0.309 e. The van der Waals surface area contributed by atoms with Crippen LogP contribution in [0.2, 0.25) is 5.02 Å². The lowest BCUT2D eigenvalue weighted by atomic mass is 10.2. The van der Waals surface area contributed by atoms with Crippen LogP contribution in [0.3, 0.4) is 0 Å². The molecule has 0 saturated heterocycles. The van der Waals surface area contributed by atoms with Crippen LogP contribution in [0.4, 0.5) is 5.69 Å². The Balaban J connectivity index is 1.56. The topological polar surface area (TPSA) is 73.9 Å². The van der Waals surface area contributed by atoms with Crippen LogP contribution in [-0.4, -0.2) is 25.3 Å². The molecule has 0 spiro atoms. The number of fused-ring (bicyclic) bond motifs is 1. The van der Waals surface area contributed by atoms with Gasteiger partial charge in [-0.2, -0.15) is 0 Å². The first kappa shape index (κ1) is 14.0. The normalized spacial score (nSPS) is 21.8. The van der Waals surface area contributed by atoms with Gasteiger partial charge < -0.3 is 19.5 Å². The molecule has 6 nitrogen and oxygen atoms in total. The number of amides is 1. The Morgan fingerprint density at radius 1 is 1.38 bits per heavy atom. The maximum Gasteiger partial charge on any atom is 0.309 e. The van der Waals surface area contributed by atoms with Crippen LogP contribution in [0.1, 0.15) is 13.3 Å². The van der Waals surface area contributed by atoms with Crippen molar-refractivity contribution in [3.05, 3.63) is 17.2 Å². The number of hydrogen-bond donors (Lipinski definition) is 1. The molecule has 3 rings (SSSR count). The molecule has 1 aromatic carbocycles. The van der Waals surface area contributed by atoms with Crippen LogP contribution in [0.5, 0.6) is 11.5 Å². The number of carbonyl (C=O) groups excluding carboxylic acids is 2. The number of carbonyl (C=O) groups is 2. The molecule has 1 heterocycles. The fraction of sp³-hybridized carbons (Fsp3) is 0.429. The van der Waals surface area contributed by atoms with Gasteiger partial charge in [0.1, 0.15) is 0 Å². The van der Waals surface area contributed by atoms with Crippen LogP contribution in [0.25, 0.3) is 0 Å². The SMILES string of the molecule is C[C@@H]1C[C@@H]1C(=O)OCC(=O)Nc1cc2c(cc1Cl)OCO2. The summed E-state index contributed by atoms with van der Waals surface area (Å²) in [4.78, 5) is 23.3. The van der Waals surface area contributed by atoms with E-state index in [2.05, 4.69) is 5.32 Å². The number of rotatable bonds is 4. The van der Waals surface area contributed by atoms with Gasteiger partial charge in [-0.05, 0) is 12.3 Å². The summed E-state index contributed by atoms with van der Waals surface area (Å²) < 4.78 is 15.3. The molecule has 1 fully saturated rings. The van der Waals surface area contributed by atoms with Crippen molar-refractivity contribution in [2.24, 2.45) is 11.8 Å². The van der Waals surface area contributed by atoms with E-state index in [0.29, 0.717) is 28.1 Å². The van der Waals surface area contributed by atoms with Crippen molar-refractivity contribution < 1.29 is 23.8 Å². The van der Waals surface area contributed by atoms with E-state index in [-0.39, 0.29) is 25.3 Å². The zero-order chi connectivity index (χ0) is 15.0. The Labute approximate surface area is 126 Å². The molecule has 1 amide bonds. The highest BCUT2D eigenvalue weighted by atomic mass is 35.5. The minimum atomic E-state index is -0.447. The molecule has 7 heteroatoms. The van der Waals surface area contributed by atoms with E-state index >= 15 is 0 Å². The summed E-state index contributed by atoms with van der Waals surface area (Å²) >= 11 is 6.04. The molecular weight excluding hydrogens is 298 g/mol. The molecule has 2 atom stereocenters. The third kappa shape index (κ3) is 3.05. The van der Waals surface area contributed by atoms with Gasteiger partial charge in [-0.3, -0.25) is 9.59 Å². The van der Waals surface area contributed by atoms with Crippen LogP contribution < -0.4 is 14.8 Å². The van der Waals surface area contributed by atoms with Crippen molar-refractivity contribution in [1.29, 1.82) is 0 Å². The Kier molecular flexibility index (Phi) is 3.63. The number of anilines is 1. The number of halogens is 1. The first-order chi connectivity index (χ1) is 10.0. The molecule has 0 unspecified atom stereocenters. The van der Waals surface area contributed by atoms with E-state index in [9.17, 15) is 9.59 Å². The predicted octanol–water partition coefficient (Wildman–Crippen LogP) is 2.21. The number of ether oxygens (including phenoxy) is 3. The lowest BCUT2D eigenvalue weighted by molar-refractivity contribution is -0.148. The van der Waals surface area contributed by atoms with Crippen molar-refractivity contribution in [3.8, 4) is 11.5 Å². The quantitative estimate of drug-likeness (QED) is 0.863. The average molecular weight is 312 g/mol. The maximum absolute atomic E-state index is 11.8. The van der Waals surface area contributed by atoms with Crippen molar-refractivity contribution in [2.45, 2.75) is 13.3 Å². The summed E-state index contributed by atoms with van der Waals surface area (Å²) in [6.45, 7) is 1.77. The van der Waals surface area contributed by atoms with E-state index in [1.54, 1.807) is 12.1 Å². The number of esters is 1. The van der Waals surface area contributed by atoms with Gasteiger partial charge in [0.25, 0.3) is 5.91 Å². The van der Waals surface area contributed by atoms with Crippen molar-refractivity contribution >= 4 is 29.2 Å². The Morgan fingerprint density at radius 3 is 2.71 bits per heavy atom.